The van der Waals surface area contributed by atoms with Crippen LogP contribution in [-0.4, -0.2) is 43.1 Å². The van der Waals surface area contributed by atoms with E-state index < -0.39 is 10.0 Å². The molecule has 1 N–H and O–H groups in total. The van der Waals surface area contributed by atoms with E-state index in [0.29, 0.717) is 35.9 Å². The molecule has 3 aromatic rings. The number of hydrogen-bond donors (Lipinski definition) is 1. The Bertz CT molecular complexity index is 1180. The second kappa shape index (κ2) is 9.48. The molecule has 1 aliphatic heterocycles. The average Bonchev–Trinajstić information content (AvgIpc) is 3.23. The molecule has 4 rings (SSSR count). The Hall–Kier alpha value is -2.62. The molecule has 32 heavy (non-hydrogen) atoms. The van der Waals surface area contributed by atoms with Crippen molar-refractivity contribution in [2.75, 3.05) is 19.6 Å². The Morgan fingerprint density at radius 3 is 2.72 bits per heavy atom. The van der Waals surface area contributed by atoms with Crippen molar-refractivity contribution < 1.29 is 17.3 Å². The van der Waals surface area contributed by atoms with Gasteiger partial charge in [0.25, 0.3) is 0 Å². The Morgan fingerprint density at radius 1 is 1.19 bits per heavy atom. The van der Waals surface area contributed by atoms with Crippen molar-refractivity contribution in [1.82, 2.24) is 19.8 Å². The van der Waals surface area contributed by atoms with Crippen molar-refractivity contribution in [2.24, 2.45) is 5.92 Å². The minimum absolute atomic E-state index is 0.192. The monoisotopic (exact) mass is 458 g/mol. The lowest BCUT2D eigenvalue weighted by Gasteiger charge is -2.31. The minimum atomic E-state index is -3.53. The maximum atomic E-state index is 13.8. The highest BCUT2D eigenvalue weighted by Gasteiger charge is 2.24. The van der Waals surface area contributed by atoms with Gasteiger partial charge in [-0.15, -0.1) is 0 Å². The first kappa shape index (κ1) is 22.6. The van der Waals surface area contributed by atoms with Crippen molar-refractivity contribution in [2.45, 2.75) is 38.1 Å². The van der Waals surface area contributed by atoms with Gasteiger partial charge in [0.05, 0.1) is 11.4 Å². The quantitative estimate of drug-likeness (QED) is 0.581. The van der Waals surface area contributed by atoms with Gasteiger partial charge in [0.15, 0.2) is 0 Å². The molecule has 1 unspecified atom stereocenters. The van der Waals surface area contributed by atoms with E-state index >= 15 is 0 Å². The largest absolute Gasteiger partial charge is 0.338 e. The van der Waals surface area contributed by atoms with Crippen LogP contribution in [0.15, 0.2) is 51.9 Å². The fraction of sp³-hybridized carbons (Fsp3) is 0.391. The maximum Gasteiger partial charge on any atom is 0.241 e. The molecule has 1 aromatic heterocycles. The van der Waals surface area contributed by atoms with E-state index in [0.717, 1.165) is 31.5 Å². The first-order valence-electron chi connectivity index (χ1n) is 10.7. The number of nitrogens with zero attached hydrogens (tertiary/aromatic N) is 3. The van der Waals surface area contributed by atoms with Crippen molar-refractivity contribution in [3.63, 3.8) is 0 Å². The molecular formula is C23H27FN4O3S. The van der Waals surface area contributed by atoms with Gasteiger partial charge in [0, 0.05) is 18.7 Å². The van der Waals surface area contributed by atoms with Crippen LogP contribution in [-0.2, 0) is 16.6 Å². The van der Waals surface area contributed by atoms with Crippen molar-refractivity contribution in [3.05, 3.63) is 65.3 Å². The molecule has 1 atom stereocenters. The molecule has 0 bridgehead atoms. The van der Waals surface area contributed by atoms with E-state index in [1.54, 1.807) is 43.3 Å². The van der Waals surface area contributed by atoms with Crippen LogP contribution in [0.1, 0.15) is 29.9 Å². The zero-order valence-corrected chi connectivity index (χ0v) is 19.0. The average molecular weight is 459 g/mol. The highest BCUT2D eigenvalue weighted by molar-refractivity contribution is 7.89. The summed E-state index contributed by atoms with van der Waals surface area (Å²) in [6.07, 6.45) is 1.91. The smallest absolute Gasteiger partial charge is 0.241 e. The van der Waals surface area contributed by atoms with Gasteiger partial charge in [-0.2, -0.15) is 4.98 Å². The molecule has 7 nitrogen and oxygen atoms in total. The Morgan fingerprint density at radius 2 is 1.97 bits per heavy atom. The van der Waals surface area contributed by atoms with Gasteiger partial charge >= 0.3 is 0 Å². The van der Waals surface area contributed by atoms with Gasteiger partial charge < -0.3 is 4.52 Å². The Kier molecular flexibility index (Phi) is 6.68. The number of piperidine rings is 1. The maximum absolute atomic E-state index is 13.8. The SMILES string of the molecule is Cc1ccc(S(=O)(=O)NCC2CCCN(Cc3nc(-c4ccc(C)c(F)c4)no3)C2)cc1. The normalized spacial score (nSPS) is 17.5. The van der Waals surface area contributed by atoms with Crippen LogP contribution in [0.3, 0.4) is 0 Å². The molecule has 1 saturated heterocycles. The van der Waals surface area contributed by atoms with Crippen LogP contribution in [0.5, 0.6) is 0 Å². The number of sulfonamides is 1. The lowest BCUT2D eigenvalue weighted by molar-refractivity contribution is 0.151. The fourth-order valence-corrected chi connectivity index (χ4v) is 4.97. The van der Waals surface area contributed by atoms with E-state index in [-0.39, 0.29) is 16.6 Å². The summed E-state index contributed by atoms with van der Waals surface area (Å²) in [6.45, 7) is 6.08. The summed E-state index contributed by atoms with van der Waals surface area (Å²) in [4.78, 5) is 6.87. The van der Waals surface area contributed by atoms with Gasteiger partial charge in [0.1, 0.15) is 5.82 Å². The van der Waals surface area contributed by atoms with Gasteiger partial charge in [-0.1, -0.05) is 35.0 Å². The number of nitrogens with one attached hydrogen (secondary N) is 1. The Labute approximate surface area is 187 Å². The fourth-order valence-electron chi connectivity index (χ4n) is 3.85. The summed E-state index contributed by atoms with van der Waals surface area (Å²) in [7, 11) is -3.53. The zero-order valence-electron chi connectivity index (χ0n) is 18.2. The molecule has 2 heterocycles. The molecule has 1 aliphatic rings. The third kappa shape index (κ3) is 5.40. The first-order chi connectivity index (χ1) is 15.3. The second-order valence-corrected chi connectivity index (χ2v) is 10.2. The van der Waals surface area contributed by atoms with Gasteiger partial charge in [-0.05, 0) is 62.9 Å². The molecule has 0 aliphatic carbocycles. The molecule has 0 amide bonds. The summed E-state index contributed by atoms with van der Waals surface area (Å²) < 4.78 is 47.1. The second-order valence-electron chi connectivity index (χ2n) is 8.38. The number of aromatic nitrogens is 2. The minimum Gasteiger partial charge on any atom is -0.338 e. The third-order valence-corrected chi connectivity index (χ3v) is 7.19. The summed E-state index contributed by atoms with van der Waals surface area (Å²) in [5, 5.41) is 3.98. The van der Waals surface area contributed by atoms with Crippen LogP contribution < -0.4 is 4.72 Å². The number of likely N-dealkylation sites (tertiary alicyclic amines) is 1. The number of rotatable bonds is 7. The van der Waals surface area contributed by atoms with E-state index in [9.17, 15) is 12.8 Å². The standard InChI is InChI=1S/C23H27FN4O3S/c1-16-5-9-20(10-6-16)32(29,30)25-13-18-4-3-11-28(14-18)15-22-26-23(27-31-22)19-8-7-17(2)21(24)12-19/h5-10,12,18,25H,3-4,11,13-15H2,1-2H3. The number of halogens is 1. The molecule has 9 heteroatoms. The predicted molar refractivity (Wildman–Crippen MR) is 119 cm³/mol. The van der Waals surface area contributed by atoms with Crippen molar-refractivity contribution in [1.29, 1.82) is 0 Å². The molecule has 0 saturated carbocycles. The zero-order chi connectivity index (χ0) is 22.7. The van der Waals surface area contributed by atoms with Crippen LogP contribution in [0.25, 0.3) is 11.4 Å². The van der Waals surface area contributed by atoms with E-state index in [1.807, 2.05) is 6.92 Å². The molecular weight excluding hydrogens is 431 g/mol. The summed E-state index contributed by atoms with van der Waals surface area (Å²) >= 11 is 0. The summed E-state index contributed by atoms with van der Waals surface area (Å²) in [5.74, 6) is 0.707. The predicted octanol–water partition coefficient (Wildman–Crippen LogP) is 3.68. The lowest BCUT2D eigenvalue weighted by atomic mass is 9.98. The van der Waals surface area contributed by atoms with Crippen LogP contribution in [0.2, 0.25) is 0 Å². The van der Waals surface area contributed by atoms with Crippen LogP contribution >= 0.6 is 0 Å². The van der Waals surface area contributed by atoms with E-state index in [1.165, 1.54) is 6.07 Å². The molecule has 1 fully saturated rings. The topological polar surface area (TPSA) is 88.3 Å². The first-order valence-corrected chi connectivity index (χ1v) is 12.2. The van der Waals surface area contributed by atoms with E-state index in [2.05, 4.69) is 19.8 Å². The molecule has 0 spiro atoms. The third-order valence-electron chi connectivity index (χ3n) is 5.75. The summed E-state index contributed by atoms with van der Waals surface area (Å²) in [6, 6.07) is 11.7. The highest BCUT2D eigenvalue weighted by Crippen LogP contribution is 2.22. The number of benzene rings is 2. The van der Waals surface area contributed by atoms with Gasteiger partial charge in [-0.25, -0.2) is 17.5 Å². The van der Waals surface area contributed by atoms with Crippen molar-refractivity contribution >= 4 is 10.0 Å². The van der Waals surface area contributed by atoms with Gasteiger partial charge in [0.2, 0.25) is 21.7 Å². The lowest BCUT2D eigenvalue weighted by Crippen LogP contribution is -2.40. The Balaban J connectivity index is 1.34. The molecule has 170 valence electrons. The summed E-state index contributed by atoms with van der Waals surface area (Å²) in [5.41, 5.74) is 2.16. The highest BCUT2D eigenvalue weighted by atomic mass is 32.2. The van der Waals surface area contributed by atoms with Crippen LogP contribution in [0, 0.1) is 25.6 Å². The van der Waals surface area contributed by atoms with E-state index in [4.69, 9.17) is 4.52 Å². The molecule has 2 aromatic carbocycles. The van der Waals surface area contributed by atoms with Gasteiger partial charge in [-0.3, -0.25) is 4.90 Å². The number of aryl methyl sites for hydroxylation is 2. The van der Waals surface area contributed by atoms with Crippen LogP contribution in [0.4, 0.5) is 4.39 Å². The molecule has 0 radical (unpaired) electrons. The van der Waals surface area contributed by atoms with Crippen molar-refractivity contribution in [3.8, 4) is 11.4 Å². The number of hydrogen-bond acceptors (Lipinski definition) is 6.